The number of para-hydroxylation sites is 1. The summed E-state index contributed by atoms with van der Waals surface area (Å²) in [6.07, 6.45) is 1.44. The first-order valence-electron chi connectivity index (χ1n) is 11.8. The molecule has 3 heterocycles. The molecule has 3 aromatic carbocycles. The Morgan fingerprint density at radius 2 is 1.81 bits per heavy atom. The first-order chi connectivity index (χ1) is 18.0. The van der Waals surface area contributed by atoms with E-state index in [0.29, 0.717) is 27.2 Å². The van der Waals surface area contributed by atoms with Gasteiger partial charge in [0, 0.05) is 27.3 Å². The number of rotatable bonds is 5. The summed E-state index contributed by atoms with van der Waals surface area (Å²) in [5.74, 6) is 0.130. The monoisotopic (exact) mass is 509 g/mol. The van der Waals surface area contributed by atoms with Crippen LogP contribution in [0.4, 0.5) is 5.69 Å². The third-order valence-corrected chi connectivity index (χ3v) is 7.64. The topological polar surface area (TPSA) is 86.4 Å². The van der Waals surface area contributed by atoms with E-state index < -0.39 is 6.04 Å². The first-order valence-corrected chi connectivity index (χ1v) is 12.6. The van der Waals surface area contributed by atoms with Crippen LogP contribution in [0, 0.1) is 6.92 Å². The summed E-state index contributed by atoms with van der Waals surface area (Å²) in [6, 6.07) is 20.3. The number of hydrogen-bond acceptors (Lipinski definition) is 6. The van der Waals surface area contributed by atoms with Crippen molar-refractivity contribution in [3.63, 3.8) is 0 Å². The van der Waals surface area contributed by atoms with E-state index in [1.165, 1.54) is 22.2 Å². The van der Waals surface area contributed by atoms with Crippen molar-refractivity contribution in [3.05, 3.63) is 88.3 Å². The quantitative estimate of drug-likeness (QED) is 0.285. The number of aryl methyl sites for hydroxylation is 1. The number of furan rings is 1. The number of anilines is 1. The van der Waals surface area contributed by atoms with Crippen LogP contribution in [0.5, 0.6) is 5.75 Å². The van der Waals surface area contributed by atoms with Crippen molar-refractivity contribution in [3.8, 4) is 16.9 Å². The van der Waals surface area contributed by atoms with Crippen molar-refractivity contribution in [2.75, 3.05) is 12.4 Å². The van der Waals surface area contributed by atoms with E-state index >= 15 is 0 Å². The van der Waals surface area contributed by atoms with Gasteiger partial charge in [0.1, 0.15) is 27.8 Å². The Labute approximate surface area is 215 Å². The Morgan fingerprint density at radius 1 is 1.05 bits per heavy atom. The molecule has 0 unspecified atom stereocenters. The number of nitrogens with one attached hydrogen (secondary N) is 1. The highest BCUT2D eigenvalue weighted by Gasteiger charge is 2.23. The second-order valence-electron chi connectivity index (χ2n) is 8.85. The van der Waals surface area contributed by atoms with Crippen molar-refractivity contribution >= 4 is 55.1 Å². The summed E-state index contributed by atoms with van der Waals surface area (Å²) in [5, 5.41) is 5.30. The van der Waals surface area contributed by atoms with Crippen molar-refractivity contribution < 1.29 is 13.9 Å². The molecule has 37 heavy (non-hydrogen) atoms. The molecule has 0 aliphatic heterocycles. The van der Waals surface area contributed by atoms with Crippen LogP contribution in [0.25, 0.3) is 43.3 Å². The molecule has 3 aromatic heterocycles. The van der Waals surface area contributed by atoms with Crippen LogP contribution in [0.3, 0.4) is 0 Å². The molecule has 0 radical (unpaired) electrons. The van der Waals surface area contributed by atoms with E-state index in [1.807, 2.05) is 67.6 Å². The summed E-state index contributed by atoms with van der Waals surface area (Å²) < 4.78 is 12.9. The summed E-state index contributed by atoms with van der Waals surface area (Å²) in [4.78, 5) is 33.2. The van der Waals surface area contributed by atoms with Crippen molar-refractivity contribution in [2.24, 2.45) is 0 Å². The maximum Gasteiger partial charge on any atom is 0.263 e. The maximum atomic E-state index is 13.6. The summed E-state index contributed by atoms with van der Waals surface area (Å²) in [7, 11) is 1.55. The highest BCUT2D eigenvalue weighted by molar-refractivity contribution is 7.19. The average molecular weight is 510 g/mol. The van der Waals surface area contributed by atoms with Gasteiger partial charge in [-0.3, -0.25) is 14.2 Å². The Bertz CT molecular complexity index is 1870. The van der Waals surface area contributed by atoms with Crippen molar-refractivity contribution in [1.82, 2.24) is 9.55 Å². The van der Waals surface area contributed by atoms with Crippen LogP contribution >= 0.6 is 11.3 Å². The van der Waals surface area contributed by atoms with Crippen LogP contribution in [0.1, 0.15) is 17.8 Å². The highest BCUT2D eigenvalue weighted by Crippen LogP contribution is 2.37. The molecule has 0 saturated heterocycles. The normalized spacial score (nSPS) is 12.3. The van der Waals surface area contributed by atoms with Gasteiger partial charge in [-0.2, -0.15) is 0 Å². The third-order valence-electron chi connectivity index (χ3n) is 6.63. The first kappa shape index (κ1) is 23.0. The third kappa shape index (κ3) is 3.77. The molecule has 7 nitrogen and oxygen atoms in total. The second kappa shape index (κ2) is 8.90. The lowest BCUT2D eigenvalue weighted by Gasteiger charge is -2.16. The number of aromatic nitrogens is 2. The van der Waals surface area contributed by atoms with Gasteiger partial charge in [0.05, 0.1) is 24.5 Å². The fourth-order valence-electron chi connectivity index (χ4n) is 4.73. The number of carbonyl (C=O) groups excluding carboxylic acids is 1. The van der Waals surface area contributed by atoms with E-state index in [0.717, 1.165) is 32.4 Å². The number of fused-ring (bicyclic) bond motifs is 4. The smallest absolute Gasteiger partial charge is 0.263 e. The number of thiophene rings is 1. The minimum absolute atomic E-state index is 0.254. The summed E-state index contributed by atoms with van der Waals surface area (Å²) in [5.41, 5.74) is 3.40. The Morgan fingerprint density at radius 3 is 2.59 bits per heavy atom. The lowest BCUT2D eigenvalue weighted by molar-refractivity contribution is -0.118. The number of nitrogens with zero attached hydrogens (tertiary/aromatic N) is 2. The second-order valence-corrected chi connectivity index (χ2v) is 10.1. The molecular formula is C29H23N3O4S. The zero-order valence-electron chi connectivity index (χ0n) is 20.4. The Kier molecular flexibility index (Phi) is 5.53. The molecule has 1 atom stereocenters. The summed E-state index contributed by atoms with van der Waals surface area (Å²) in [6.45, 7) is 3.66. The van der Waals surface area contributed by atoms with Gasteiger partial charge >= 0.3 is 0 Å². The molecule has 0 fully saturated rings. The molecule has 0 spiro atoms. The van der Waals surface area contributed by atoms with Gasteiger partial charge in [-0.15, -0.1) is 11.3 Å². The van der Waals surface area contributed by atoms with Gasteiger partial charge < -0.3 is 14.5 Å². The molecule has 184 valence electrons. The molecule has 6 aromatic rings. The van der Waals surface area contributed by atoms with Crippen LogP contribution in [0.2, 0.25) is 0 Å². The maximum absolute atomic E-state index is 13.6. The van der Waals surface area contributed by atoms with Gasteiger partial charge in [0.15, 0.2) is 0 Å². The summed E-state index contributed by atoms with van der Waals surface area (Å²) >= 11 is 1.47. The highest BCUT2D eigenvalue weighted by atomic mass is 32.1. The molecule has 0 aliphatic carbocycles. The Hall–Kier alpha value is -4.43. The molecule has 6 rings (SSSR count). The van der Waals surface area contributed by atoms with Crippen molar-refractivity contribution in [1.29, 1.82) is 0 Å². The van der Waals surface area contributed by atoms with Crippen LogP contribution in [0.15, 0.2) is 82.3 Å². The molecule has 1 amide bonds. The predicted molar refractivity (Wildman–Crippen MR) is 148 cm³/mol. The molecule has 0 bridgehead atoms. The van der Waals surface area contributed by atoms with Gasteiger partial charge in [-0.05, 0) is 31.5 Å². The van der Waals surface area contributed by atoms with E-state index in [4.69, 9.17) is 9.15 Å². The van der Waals surface area contributed by atoms with Crippen LogP contribution < -0.4 is 15.6 Å². The fraction of sp³-hybridized carbons (Fsp3) is 0.138. The fourth-order valence-corrected chi connectivity index (χ4v) is 5.73. The molecule has 1 N–H and O–H groups in total. The minimum Gasteiger partial charge on any atom is -0.495 e. The number of amides is 1. The number of carbonyl (C=O) groups is 1. The molecule has 0 aliphatic rings. The zero-order valence-corrected chi connectivity index (χ0v) is 21.3. The van der Waals surface area contributed by atoms with E-state index in [1.54, 1.807) is 20.1 Å². The van der Waals surface area contributed by atoms with Crippen LogP contribution in [-0.2, 0) is 4.79 Å². The number of hydrogen-bond donors (Lipinski definition) is 1. The number of methoxy groups -OCH3 is 1. The molecule has 8 heteroatoms. The largest absolute Gasteiger partial charge is 0.495 e. The van der Waals surface area contributed by atoms with E-state index in [-0.39, 0.29) is 11.5 Å². The van der Waals surface area contributed by atoms with Gasteiger partial charge in [0.2, 0.25) is 5.91 Å². The van der Waals surface area contributed by atoms with Crippen LogP contribution in [-0.4, -0.2) is 22.6 Å². The number of ether oxygens (including phenoxy) is 1. The van der Waals surface area contributed by atoms with Gasteiger partial charge in [0.25, 0.3) is 5.56 Å². The minimum atomic E-state index is -0.815. The molecule has 0 saturated carbocycles. The average Bonchev–Trinajstić information content (AvgIpc) is 3.45. The number of benzene rings is 3. The van der Waals surface area contributed by atoms with Gasteiger partial charge in [-0.1, -0.05) is 48.5 Å². The molecular weight excluding hydrogens is 486 g/mol. The lowest BCUT2D eigenvalue weighted by atomic mass is 10.0. The lowest BCUT2D eigenvalue weighted by Crippen LogP contribution is -2.31. The standard InChI is InChI=1S/C29H23N3O4S/c1-16(32-15-30-28-26(29(32)34)25(17(2)37-28)18-9-5-4-6-10-18)27(33)31-21-14-23-20(13-24(21)35-3)19-11-7-8-12-22(19)36-23/h4-16H,1-3H3,(H,31,33)/t16-/m0/s1. The van der Waals surface area contributed by atoms with Crippen molar-refractivity contribution in [2.45, 2.75) is 19.9 Å². The Balaban J connectivity index is 1.38. The van der Waals surface area contributed by atoms with Gasteiger partial charge in [-0.25, -0.2) is 4.98 Å². The SMILES string of the molecule is COc1cc2c(cc1NC(=O)[C@H](C)n1cnc3sc(C)c(-c4ccccc4)c3c1=O)oc1ccccc12. The predicted octanol–water partition coefficient (Wildman–Crippen LogP) is 6.54. The van der Waals surface area contributed by atoms with E-state index in [9.17, 15) is 9.59 Å². The zero-order chi connectivity index (χ0) is 25.7. The van der Waals surface area contributed by atoms with E-state index in [2.05, 4.69) is 10.3 Å².